The van der Waals surface area contributed by atoms with Gasteiger partial charge in [-0.05, 0) is 37.8 Å². The van der Waals surface area contributed by atoms with Crippen molar-refractivity contribution < 1.29 is 0 Å². The topological polar surface area (TPSA) is 28.2 Å². The van der Waals surface area contributed by atoms with Crippen molar-refractivity contribution in [1.82, 2.24) is 4.98 Å². The monoisotopic (exact) mass is 219 g/mol. The van der Waals surface area contributed by atoms with Crippen molar-refractivity contribution in [3.63, 3.8) is 0 Å². The van der Waals surface area contributed by atoms with Gasteiger partial charge in [-0.25, -0.2) is 4.98 Å². The first-order valence-corrected chi connectivity index (χ1v) is 6.24. The Morgan fingerprint density at radius 2 is 2.38 bits per heavy atom. The highest BCUT2D eigenvalue weighted by molar-refractivity contribution is 5.48. The molecule has 16 heavy (non-hydrogen) atoms. The van der Waals surface area contributed by atoms with Crippen molar-refractivity contribution in [2.45, 2.75) is 26.7 Å². The van der Waals surface area contributed by atoms with Crippen LogP contribution in [0.5, 0.6) is 0 Å². The normalized spacial score (nSPS) is 20.9. The lowest BCUT2D eigenvalue weighted by Crippen LogP contribution is -2.34. The molecule has 1 fully saturated rings. The average molecular weight is 219 g/mol. The molecule has 88 valence electrons. The minimum Gasteiger partial charge on any atom is -0.384 e. The fourth-order valence-electron chi connectivity index (χ4n) is 2.28. The molecule has 0 bridgehead atoms. The third-order valence-electron chi connectivity index (χ3n) is 3.11. The zero-order valence-electron chi connectivity index (χ0n) is 10.2. The van der Waals surface area contributed by atoms with Crippen molar-refractivity contribution in [2.24, 2.45) is 5.92 Å². The van der Waals surface area contributed by atoms with Gasteiger partial charge < -0.3 is 10.2 Å². The lowest BCUT2D eigenvalue weighted by atomic mass is 10.0. The molecule has 2 heterocycles. The summed E-state index contributed by atoms with van der Waals surface area (Å²) in [5.41, 5.74) is 1.11. The maximum Gasteiger partial charge on any atom is 0.128 e. The second-order valence-electron chi connectivity index (χ2n) is 4.63. The molecular weight excluding hydrogens is 198 g/mol. The number of rotatable bonds is 3. The third kappa shape index (κ3) is 2.65. The summed E-state index contributed by atoms with van der Waals surface area (Å²) in [6.07, 6.45) is 4.57. The van der Waals surface area contributed by atoms with Gasteiger partial charge in [0.25, 0.3) is 0 Å². The number of pyridine rings is 1. The lowest BCUT2D eigenvalue weighted by molar-refractivity contribution is 0.444. The molecular formula is C13H21N3. The number of anilines is 2. The smallest absolute Gasteiger partial charge is 0.128 e. The second kappa shape index (κ2) is 5.19. The number of nitrogens with one attached hydrogen (secondary N) is 1. The van der Waals surface area contributed by atoms with E-state index in [0.717, 1.165) is 37.1 Å². The van der Waals surface area contributed by atoms with Gasteiger partial charge in [0.2, 0.25) is 0 Å². The number of hydrogen-bond acceptors (Lipinski definition) is 3. The van der Waals surface area contributed by atoms with Crippen LogP contribution in [-0.4, -0.2) is 24.6 Å². The Labute approximate surface area is 97.9 Å². The fraction of sp³-hybridized carbons (Fsp3) is 0.615. The van der Waals surface area contributed by atoms with Gasteiger partial charge in [0.05, 0.1) is 11.9 Å². The number of nitrogens with zero attached hydrogens (tertiary/aromatic N) is 2. The summed E-state index contributed by atoms with van der Waals surface area (Å²) in [6, 6.07) is 4.24. The number of aromatic nitrogens is 1. The van der Waals surface area contributed by atoms with Gasteiger partial charge in [0, 0.05) is 19.6 Å². The van der Waals surface area contributed by atoms with Crippen molar-refractivity contribution >= 4 is 11.5 Å². The third-order valence-corrected chi connectivity index (χ3v) is 3.11. The summed E-state index contributed by atoms with van der Waals surface area (Å²) in [5, 5.41) is 3.27. The average Bonchev–Trinajstić information content (AvgIpc) is 2.30. The Morgan fingerprint density at radius 1 is 1.50 bits per heavy atom. The Hall–Kier alpha value is -1.25. The van der Waals surface area contributed by atoms with E-state index in [1.165, 1.54) is 12.8 Å². The first kappa shape index (κ1) is 11.2. The fourth-order valence-corrected chi connectivity index (χ4v) is 2.28. The van der Waals surface area contributed by atoms with Crippen molar-refractivity contribution in [1.29, 1.82) is 0 Å². The minimum absolute atomic E-state index is 0.795. The number of hydrogen-bond donors (Lipinski definition) is 1. The van der Waals surface area contributed by atoms with E-state index < -0.39 is 0 Å². The van der Waals surface area contributed by atoms with Crippen LogP contribution in [0.25, 0.3) is 0 Å². The Bertz CT molecular complexity index is 320. The van der Waals surface area contributed by atoms with Crippen LogP contribution in [-0.2, 0) is 0 Å². The van der Waals surface area contributed by atoms with E-state index in [4.69, 9.17) is 0 Å². The van der Waals surface area contributed by atoms with E-state index in [1.54, 1.807) is 0 Å². The zero-order valence-corrected chi connectivity index (χ0v) is 10.2. The molecule has 0 aromatic carbocycles. The maximum absolute atomic E-state index is 4.52. The van der Waals surface area contributed by atoms with Gasteiger partial charge in [-0.3, -0.25) is 0 Å². The van der Waals surface area contributed by atoms with Gasteiger partial charge in [-0.15, -0.1) is 0 Å². The predicted octanol–water partition coefficient (Wildman–Crippen LogP) is 2.75. The van der Waals surface area contributed by atoms with Gasteiger partial charge in [-0.1, -0.05) is 6.92 Å². The molecule has 1 aromatic heterocycles. The van der Waals surface area contributed by atoms with E-state index >= 15 is 0 Å². The first-order chi connectivity index (χ1) is 7.79. The van der Waals surface area contributed by atoms with Crippen LogP contribution in [0.3, 0.4) is 0 Å². The second-order valence-corrected chi connectivity index (χ2v) is 4.63. The molecule has 2 rings (SSSR count). The van der Waals surface area contributed by atoms with Gasteiger partial charge in [0.15, 0.2) is 0 Å². The standard InChI is InChI=1S/C13H21N3/c1-3-14-12-6-7-13(15-9-12)16-8-4-5-11(2)10-16/h6-7,9,11,14H,3-5,8,10H2,1-2H3. The van der Waals surface area contributed by atoms with Crippen LogP contribution in [0.2, 0.25) is 0 Å². The molecule has 1 unspecified atom stereocenters. The molecule has 1 aromatic rings. The van der Waals surface area contributed by atoms with Crippen LogP contribution in [0.4, 0.5) is 11.5 Å². The van der Waals surface area contributed by atoms with Gasteiger partial charge >= 0.3 is 0 Å². The highest BCUT2D eigenvalue weighted by atomic mass is 15.2. The van der Waals surface area contributed by atoms with E-state index in [-0.39, 0.29) is 0 Å². The molecule has 1 N–H and O–H groups in total. The van der Waals surface area contributed by atoms with E-state index in [9.17, 15) is 0 Å². The van der Waals surface area contributed by atoms with Gasteiger partial charge in [-0.2, -0.15) is 0 Å². The predicted molar refractivity (Wildman–Crippen MR) is 69.0 cm³/mol. The molecule has 0 aliphatic carbocycles. The molecule has 0 amide bonds. The molecule has 3 nitrogen and oxygen atoms in total. The molecule has 0 saturated carbocycles. The summed E-state index contributed by atoms with van der Waals surface area (Å²) in [4.78, 5) is 6.91. The van der Waals surface area contributed by atoms with Crippen LogP contribution in [0.15, 0.2) is 18.3 Å². The molecule has 3 heteroatoms. The number of piperidine rings is 1. The van der Waals surface area contributed by atoms with Crippen LogP contribution >= 0.6 is 0 Å². The van der Waals surface area contributed by atoms with Crippen molar-refractivity contribution in [3.05, 3.63) is 18.3 Å². The zero-order chi connectivity index (χ0) is 11.4. The van der Waals surface area contributed by atoms with E-state index in [0.29, 0.717) is 0 Å². The highest BCUT2D eigenvalue weighted by Crippen LogP contribution is 2.21. The quantitative estimate of drug-likeness (QED) is 0.847. The summed E-state index contributed by atoms with van der Waals surface area (Å²) in [5.74, 6) is 1.91. The lowest BCUT2D eigenvalue weighted by Gasteiger charge is -2.31. The largest absolute Gasteiger partial charge is 0.384 e. The summed E-state index contributed by atoms with van der Waals surface area (Å²) >= 11 is 0. The van der Waals surface area contributed by atoms with E-state index in [1.807, 2.05) is 6.20 Å². The van der Waals surface area contributed by atoms with Crippen LogP contribution in [0.1, 0.15) is 26.7 Å². The first-order valence-electron chi connectivity index (χ1n) is 6.24. The minimum atomic E-state index is 0.795. The molecule has 1 atom stereocenters. The molecule has 0 spiro atoms. The molecule has 1 aliphatic rings. The van der Waals surface area contributed by atoms with Crippen molar-refractivity contribution in [3.8, 4) is 0 Å². The maximum atomic E-state index is 4.52. The highest BCUT2D eigenvalue weighted by Gasteiger charge is 2.17. The van der Waals surface area contributed by atoms with Crippen molar-refractivity contribution in [2.75, 3.05) is 29.9 Å². The summed E-state index contributed by atoms with van der Waals surface area (Å²) < 4.78 is 0. The van der Waals surface area contributed by atoms with Crippen LogP contribution in [0, 0.1) is 5.92 Å². The Morgan fingerprint density at radius 3 is 3.00 bits per heavy atom. The van der Waals surface area contributed by atoms with E-state index in [2.05, 4.69) is 41.2 Å². The van der Waals surface area contributed by atoms with Crippen LogP contribution < -0.4 is 10.2 Å². The summed E-state index contributed by atoms with van der Waals surface area (Å²) in [6.45, 7) is 7.66. The van der Waals surface area contributed by atoms with Gasteiger partial charge in [0.1, 0.15) is 5.82 Å². The Kier molecular flexibility index (Phi) is 3.65. The molecule has 1 aliphatic heterocycles. The Balaban J connectivity index is 2.03. The SMILES string of the molecule is CCNc1ccc(N2CCCC(C)C2)nc1. The summed E-state index contributed by atoms with van der Waals surface area (Å²) in [7, 11) is 0. The molecule has 0 radical (unpaired) electrons. The molecule has 1 saturated heterocycles.